The molecule has 1 heterocycles. The average molecular weight is 209 g/mol. The van der Waals surface area contributed by atoms with Crippen molar-refractivity contribution in [3.63, 3.8) is 0 Å². The second-order valence-corrected chi connectivity index (χ2v) is 3.19. The molecule has 0 fully saturated rings. The minimum Gasteiger partial charge on any atom is -0.383 e. The number of aromatic nitrogens is 2. The summed E-state index contributed by atoms with van der Waals surface area (Å²) in [6.45, 7) is 0. The van der Waals surface area contributed by atoms with Crippen LogP contribution in [0, 0.1) is 11.6 Å². The second-order valence-electron chi connectivity index (χ2n) is 3.19. The molecule has 0 bridgehead atoms. The van der Waals surface area contributed by atoms with Crippen molar-refractivity contribution in [1.82, 2.24) is 9.55 Å². The largest absolute Gasteiger partial charge is 0.383 e. The van der Waals surface area contributed by atoms with Gasteiger partial charge in [-0.15, -0.1) is 0 Å². The summed E-state index contributed by atoms with van der Waals surface area (Å²) in [4.78, 5) is 3.92. The fourth-order valence-corrected chi connectivity index (χ4v) is 1.33. The van der Waals surface area contributed by atoms with E-state index in [0.29, 0.717) is 5.82 Å². The highest BCUT2D eigenvalue weighted by Crippen LogP contribution is 2.27. The number of nitrogens with two attached hydrogens (primary N) is 1. The lowest BCUT2D eigenvalue weighted by Gasteiger charge is -2.02. The molecule has 5 heteroatoms. The summed E-state index contributed by atoms with van der Waals surface area (Å²) >= 11 is 0. The highest BCUT2D eigenvalue weighted by Gasteiger charge is 2.14. The van der Waals surface area contributed by atoms with Crippen molar-refractivity contribution in [2.24, 2.45) is 7.05 Å². The number of rotatable bonds is 1. The molecule has 0 amide bonds. The van der Waals surface area contributed by atoms with E-state index in [9.17, 15) is 8.78 Å². The van der Waals surface area contributed by atoms with Crippen LogP contribution in [0.2, 0.25) is 0 Å². The molecule has 1 aromatic carbocycles. The van der Waals surface area contributed by atoms with E-state index in [2.05, 4.69) is 4.98 Å². The quantitative estimate of drug-likeness (QED) is 0.780. The highest BCUT2D eigenvalue weighted by atomic mass is 19.2. The summed E-state index contributed by atoms with van der Waals surface area (Å²) < 4.78 is 27.9. The van der Waals surface area contributed by atoms with E-state index in [4.69, 9.17) is 5.73 Å². The molecule has 3 nitrogen and oxygen atoms in total. The lowest BCUT2D eigenvalue weighted by molar-refractivity contribution is 0.511. The summed E-state index contributed by atoms with van der Waals surface area (Å²) in [6, 6.07) is 3.91. The zero-order chi connectivity index (χ0) is 11.0. The van der Waals surface area contributed by atoms with Crippen molar-refractivity contribution >= 4 is 5.82 Å². The first-order valence-electron chi connectivity index (χ1n) is 4.32. The summed E-state index contributed by atoms with van der Waals surface area (Å²) in [7, 11) is 1.68. The number of hydrogen-bond acceptors (Lipinski definition) is 2. The van der Waals surface area contributed by atoms with Gasteiger partial charge >= 0.3 is 0 Å². The summed E-state index contributed by atoms with van der Waals surface area (Å²) in [6.07, 6.45) is 1.45. The lowest BCUT2D eigenvalue weighted by Crippen LogP contribution is -1.97. The molecule has 0 spiro atoms. The molecule has 0 aliphatic heterocycles. The molecular formula is C10H9F2N3. The van der Waals surface area contributed by atoms with E-state index in [0.717, 1.165) is 6.07 Å². The van der Waals surface area contributed by atoms with Crippen LogP contribution < -0.4 is 5.73 Å². The van der Waals surface area contributed by atoms with Gasteiger partial charge in [-0.1, -0.05) is 6.07 Å². The van der Waals surface area contributed by atoms with Crippen LogP contribution in [0.15, 0.2) is 24.5 Å². The Morgan fingerprint density at radius 1 is 1.33 bits per heavy atom. The molecule has 0 radical (unpaired) electrons. The lowest BCUT2D eigenvalue weighted by atomic mass is 10.1. The van der Waals surface area contributed by atoms with Crippen LogP contribution in [0.5, 0.6) is 0 Å². The van der Waals surface area contributed by atoms with Gasteiger partial charge in [-0.05, 0) is 12.1 Å². The van der Waals surface area contributed by atoms with Gasteiger partial charge < -0.3 is 10.3 Å². The molecule has 0 aliphatic carbocycles. The molecule has 0 saturated heterocycles. The van der Waals surface area contributed by atoms with Crippen molar-refractivity contribution in [2.45, 2.75) is 0 Å². The van der Waals surface area contributed by atoms with Crippen LogP contribution in [0.3, 0.4) is 0 Å². The summed E-state index contributed by atoms with van der Waals surface area (Å²) in [5.74, 6) is -1.53. The van der Waals surface area contributed by atoms with Crippen LogP contribution in [0.1, 0.15) is 0 Å². The Bertz CT molecular complexity index is 505. The van der Waals surface area contributed by atoms with Gasteiger partial charge in [-0.25, -0.2) is 13.8 Å². The second kappa shape index (κ2) is 3.34. The maximum Gasteiger partial charge on any atom is 0.168 e. The molecule has 0 aliphatic rings. The van der Waals surface area contributed by atoms with Crippen molar-refractivity contribution in [3.05, 3.63) is 36.2 Å². The molecule has 0 unspecified atom stereocenters. The van der Waals surface area contributed by atoms with E-state index >= 15 is 0 Å². The number of halogens is 2. The standard InChI is InChI=1S/C10H9F2N3/c1-15-5-14-9(10(15)13)6-3-2-4-7(11)8(6)12/h2-5H,13H2,1H3. The molecule has 0 atom stereocenters. The Morgan fingerprint density at radius 2 is 2.07 bits per heavy atom. The molecular weight excluding hydrogens is 200 g/mol. The monoisotopic (exact) mass is 209 g/mol. The minimum atomic E-state index is -0.928. The van der Waals surface area contributed by atoms with Crippen molar-refractivity contribution < 1.29 is 8.78 Å². The zero-order valence-electron chi connectivity index (χ0n) is 8.04. The molecule has 1 aromatic heterocycles. The predicted octanol–water partition coefficient (Wildman–Crippen LogP) is 1.95. The van der Waals surface area contributed by atoms with Gasteiger partial charge in [0.05, 0.1) is 6.33 Å². The van der Waals surface area contributed by atoms with E-state index in [1.807, 2.05) is 0 Å². The fourth-order valence-electron chi connectivity index (χ4n) is 1.33. The van der Waals surface area contributed by atoms with Gasteiger partial charge in [0.25, 0.3) is 0 Å². The maximum atomic E-state index is 13.4. The Hall–Kier alpha value is -1.91. The van der Waals surface area contributed by atoms with Crippen LogP contribution in [-0.4, -0.2) is 9.55 Å². The van der Waals surface area contributed by atoms with Gasteiger partial charge in [0.15, 0.2) is 11.6 Å². The molecule has 2 N–H and O–H groups in total. The predicted molar refractivity (Wildman–Crippen MR) is 53.0 cm³/mol. The smallest absolute Gasteiger partial charge is 0.168 e. The highest BCUT2D eigenvalue weighted by molar-refractivity contribution is 5.70. The first-order chi connectivity index (χ1) is 7.11. The minimum absolute atomic E-state index is 0.0769. The summed E-state index contributed by atoms with van der Waals surface area (Å²) in [5.41, 5.74) is 6.00. The molecule has 15 heavy (non-hydrogen) atoms. The van der Waals surface area contributed by atoms with Crippen molar-refractivity contribution in [1.29, 1.82) is 0 Å². The van der Waals surface area contributed by atoms with Crippen molar-refractivity contribution in [2.75, 3.05) is 5.73 Å². The number of imidazole rings is 1. The Labute approximate surface area is 85.2 Å². The third-order valence-electron chi connectivity index (χ3n) is 2.19. The topological polar surface area (TPSA) is 43.8 Å². The molecule has 2 rings (SSSR count). The number of aryl methyl sites for hydroxylation is 1. The van der Waals surface area contributed by atoms with E-state index in [1.165, 1.54) is 18.5 Å². The van der Waals surface area contributed by atoms with Gasteiger partial charge in [0.2, 0.25) is 0 Å². The van der Waals surface area contributed by atoms with Gasteiger partial charge in [0, 0.05) is 12.6 Å². The number of benzene rings is 1. The number of nitrogen functional groups attached to an aromatic ring is 1. The first-order valence-corrected chi connectivity index (χ1v) is 4.32. The normalized spacial score (nSPS) is 10.6. The third kappa shape index (κ3) is 1.45. The Morgan fingerprint density at radius 3 is 2.67 bits per heavy atom. The Balaban J connectivity index is 2.64. The van der Waals surface area contributed by atoms with Gasteiger partial charge in [0.1, 0.15) is 11.5 Å². The number of nitrogens with zero attached hydrogens (tertiary/aromatic N) is 2. The van der Waals surface area contributed by atoms with Gasteiger partial charge in [-0.3, -0.25) is 0 Å². The summed E-state index contributed by atoms with van der Waals surface area (Å²) in [5, 5.41) is 0. The fraction of sp³-hybridized carbons (Fsp3) is 0.100. The van der Waals surface area contributed by atoms with Crippen LogP contribution in [0.4, 0.5) is 14.6 Å². The molecule has 0 saturated carbocycles. The number of anilines is 1. The van der Waals surface area contributed by atoms with Crippen LogP contribution in [-0.2, 0) is 7.05 Å². The third-order valence-corrected chi connectivity index (χ3v) is 2.19. The molecule has 2 aromatic rings. The average Bonchev–Trinajstić information content (AvgIpc) is 2.53. The SMILES string of the molecule is Cn1cnc(-c2cccc(F)c2F)c1N. The number of hydrogen-bond donors (Lipinski definition) is 1. The van der Waals surface area contributed by atoms with Crippen LogP contribution in [0.25, 0.3) is 11.3 Å². The van der Waals surface area contributed by atoms with Crippen LogP contribution >= 0.6 is 0 Å². The first kappa shape index (κ1) is 9.64. The van der Waals surface area contributed by atoms with E-state index in [-0.39, 0.29) is 11.3 Å². The van der Waals surface area contributed by atoms with E-state index < -0.39 is 11.6 Å². The maximum absolute atomic E-state index is 13.4. The molecule has 78 valence electrons. The zero-order valence-corrected chi connectivity index (χ0v) is 8.04. The van der Waals surface area contributed by atoms with Gasteiger partial charge in [-0.2, -0.15) is 0 Å². The Kier molecular flexibility index (Phi) is 2.15. The van der Waals surface area contributed by atoms with Crippen molar-refractivity contribution in [3.8, 4) is 11.3 Å². The van der Waals surface area contributed by atoms with E-state index in [1.54, 1.807) is 11.6 Å².